The number of hydrogen-bond acceptors (Lipinski definition) is 5. The molecular formula is C12H20N4O2S. The average Bonchev–Trinajstić information content (AvgIpc) is 2.91. The van der Waals surface area contributed by atoms with E-state index in [0.29, 0.717) is 6.04 Å². The number of hydrogen-bond donors (Lipinski definition) is 1. The van der Waals surface area contributed by atoms with Gasteiger partial charge in [-0.15, -0.1) is 0 Å². The van der Waals surface area contributed by atoms with Gasteiger partial charge in [-0.1, -0.05) is 0 Å². The van der Waals surface area contributed by atoms with E-state index in [9.17, 15) is 8.42 Å². The number of sulfonamides is 1. The third-order valence-corrected chi connectivity index (χ3v) is 5.24. The lowest BCUT2D eigenvalue weighted by atomic mass is 10.2. The van der Waals surface area contributed by atoms with Crippen molar-refractivity contribution in [2.45, 2.75) is 17.4 Å². The molecule has 0 spiro atoms. The summed E-state index contributed by atoms with van der Waals surface area (Å²) in [5.41, 5.74) is 0. The van der Waals surface area contributed by atoms with Gasteiger partial charge in [-0.3, -0.25) is 0 Å². The van der Waals surface area contributed by atoms with Gasteiger partial charge in [-0.25, -0.2) is 17.7 Å². The molecule has 1 aromatic rings. The summed E-state index contributed by atoms with van der Waals surface area (Å²) in [7, 11) is 1.61. The molecule has 2 heterocycles. The van der Waals surface area contributed by atoms with Crippen LogP contribution < -0.4 is 10.2 Å². The summed E-state index contributed by atoms with van der Waals surface area (Å²) < 4.78 is 25.1. The fourth-order valence-electron chi connectivity index (χ4n) is 2.10. The Bertz CT molecular complexity index is 521. The first-order valence-electron chi connectivity index (χ1n) is 6.25. The van der Waals surface area contributed by atoms with Crippen LogP contribution in [0.5, 0.6) is 0 Å². The molecule has 1 aromatic heterocycles. The average molecular weight is 284 g/mol. The molecule has 0 saturated carbocycles. The van der Waals surface area contributed by atoms with Crippen molar-refractivity contribution >= 4 is 15.8 Å². The minimum Gasteiger partial charge on any atom is -0.355 e. The fraction of sp³-hybridized carbons (Fsp3) is 0.583. The summed E-state index contributed by atoms with van der Waals surface area (Å²) in [5, 5.41) is 3.30. The topological polar surface area (TPSA) is 65.5 Å². The molecule has 1 unspecified atom stereocenters. The standard InChI is InChI=1S/C12H20N4O2S/c1-15(2)19(17,18)11-4-5-12(14-9-11)16(3)10-6-7-13-8-10/h4-5,9-10,13H,6-8H2,1-3H3. The molecule has 19 heavy (non-hydrogen) atoms. The van der Waals surface area contributed by atoms with Crippen LogP contribution in [-0.2, 0) is 10.0 Å². The maximum Gasteiger partial charge on any atom is 0.244 e. The Balaban J connectivity index is 2.19. The summed E-state index contributed by atoms with van der Waals surface area (Å²) in [4.78, 5) is 6.58. The van der Waals surface area contributed by atoms with E-state index >= 15 is 0 Å². The minimum atomic E-state index is -3.40. The van der Waals surface area contributed by atoms with Gasteiger partial charge in [0.2, 0.25) is 10.0 Å². The lowest BCUT2D eigenvalue weighted by Gasteiger charge is -2.25. The Morgan fingerprint density at radius 1 is 1.32 bits per heavy atom. The van der Waals surface area contributed by atoms with Crippen molar-refractivity contribution in [2.24, 2.45) is 0 Å². The quantitative estimate of drug-likeness (QED) is 0.851. The molecule has 0 bridgehead atoms. The predicted molar refractivity (Wildman–Crippen MR) is 74.8 cm³/mol. The first-order valence-corrected chi connectivity index (χ1v) is 7.69. The normalized spacial score (nSPS) is 19.9. The van der Waals surface area contributed by atoms with E-state index in [0.717, 1.165) is 25.3 Å². The van der Waals surface area contributed by atoms with Crippen molar-refractivity contribution in [2.75, 3.05) is 39.1 Å². The number of aromatic nitrogens is 1. The molecular weight excluding hydrogens is 264 g/mol. The predicted octanol–water partition coefficient (Wildman–Crippen LogP) is 0.130. The Labute approximate surface area is 114 Å². The van der Waals surface area contributed by atoms with Gasteiger partial charge in [0.25, 0.3) is 0 Å². The van der Waals surface area contributed by atoms with E-state index < -0.39 is 10.0 Å². The second-order valence-electron chi connectivity index (χ2n) is 4.90. The maximum absolute atomic E-state index is 11.9. The summed E-state index contributed by atoms with van der Waals surface area (Å²) in [6, 6.07) is 3.79. The van der Waals surface area contributed by atoms with Gasteiger partial charge in [-0.05, 0) is 25.1 Å². The molecule has 1 atom stereocenters. The molecule has 1 saturated heterocycles. The third-order valence-electron chi connectivity index (χ3n) is 3.44. The summed E-state index contributed by atoms with van der Waals surface area (Å²) in [5.74, 6) is 0.798. The molecule has 7 heteroatoms. The smallest absolute Gasteiger partial charge is 0.244 e. The molecule has 1 aliphatic heterocycles. The first kappa shape index (κ1) is 14.2. The molecule has 0 aromatic carbocycles. The minimum absolute atomic E-state index is 0.221. The zero-order valence-corrected chi connectivity index (χ0v) is 12.3. The van der Waals surface area contributed by atoms with Gasteiger partial charge in [-0.2, -0.15) is 0 Å². The van der Waals surface area contributed by atoms with Crippen LogP contribution >= 0.6 is 0 Å². The molecule has 1 N–H and O–H groups in total. The van der Waals surface area contributed by atoms with Gasteiger partial charge in [0, 0.05) is 39.9 Å². The highest BCUT2D eigenvalue weighted by Crippen LogP contribution is 2.19. The Morgan fingerprint density at radius 2 is 2.05 bits per heavy atom. The molecule has 0 aliphatic carbocycles. The summed E-state index contributed by atoms with van der Waals surface area (Å²) in [6.07, 6.45) is 2.50. The van der Waals surface area contributed by atoms with E-state index in [1.54, 1.807) is 12.1 Å². The highest BCUT2D eigenvalue weighted by atomic mass is 32.2. The van der Waals surface area contributed by atoms with Crippen molar-refractivity contribution in [3.8, 4) is 0 Å². The van der Waals surface area contributed by atoms with Gasteiger partial charge in [0.1, 0.15) is 10.7 Å². The van der Waals surface area contributed by atoms with Crippen LogP contribution in [0.2, 0.25) is 0 Å². The molecule has 2 rings (SSSR count). The van der Waals surface area contributed by atoms with Crippen LogP contribution in [0.3, 0.4) is 0 Å². The molecule has 1 fully saturated rings. The molecule has 1 aliphatic rings. The van der Waals surface area contributed by atoms with Crippen molar-refractivity contribution < 1.29 is 8.42 Å². The number of pyridine rings is 1. The van der Waals surface area contributed by atoms with Gasteiger partial charge < -0.3 is 10.2 Å². The van der Waals surface area contributed by atoms with Gasteiger partial charge in [0.15, 0.2) is 0 Å². The van der Waals surface area contributed by atoms with Crippen LogP contribution in [-0.4, -0.2) is 58.0 Å². The van der Waals surface area contributed by atoms with Crippen molar-refractivity contribution in [1.29, 1.82) is 0 Å². The molecule has 0 amide bonds. The number of likely N-dealkylation sites (N-methyl/N-ethyl adjacent to an activating group) is 1. The van der Waals surface area contributed by atoms with E-state index in [4.69, 9.17) is 0 Å². The van der Waals surface area contributed by atoms with E-state index in [1.165, 1.54) is 24.6 Å². The molecule has 106 valence electrons. The monoisotopic (exact) mass is 284 g/mol. The van der Waals surface area contributed by atoms with Crippen molar-refractivity contribution in [3.05, 3.63) is 18.3 Å². The van der Waals surface area contributed by atoms with Crippen LogP contribution in [0.25, 0.3) is 0 Å². The van der Waals surface area contributed by atoms with Crippen molar-refractivity contribution in [3.63, 3.8) is 0 Å². The lowest BCUT2D eigenvalue weighted by Crippen LogP contribution is -2.34. The van der Waals surface area contributed by atoms with Crippen LogP contribution in [0.1, 0.15) is 6.42 Å². The van der Waals surface area contributed by atoms with Crippen LogP contribution in [0.15, 0.2) is 23.2 Å². The first-order chi connectivity index (χ1) is 8.93. The number of rotatable bonds is 4. The maximum atomic E-state index is 11.9. The Hall–Kier alpha value is -1.18. The van der Waals surface area contributed by atoms with Crippen LogP contribution in [0, 0.1) is 0 Å². The highest BCUT2D eigenvalue weighted by Gasteiger charge is 2.22. The number of anilines is 1. The summed E-state index contributed by atoms with van der Waals surface area (Å²) in [6.45, 7) is 1.96. The third kappa shape index (κ3) is 2.88. The van der Waals surface area contributed by atoms with Gasteiger partial charge >= 0.3 is 0 Å². The molecule has 0 radical (unpaired) electrons. The van der Waals surface area contributed by atoms with Crippen molar-refractivity contribution in [1.82, 2.24) is 14.6 Å². The zero-order valence-electron chi connectivity index (χ0n) is 11.5. The van der Waals surface area contributed by atoms with Crippen LogP contribution in [0.4, 0.5) is 5.82 Å². The SMILES string of the molecule is CN(c1ccc(S(=O)(=O)N(C)C)cn1)C1CCNC1. The molecule has 6 nitrogen and oxygen atoms in total. The Kier molecular flexibility index (Phi) is 4.07. The van der Waals surface area contributed by atoms with E-state index in [2.05, 4.69) is 15.2 Å². The fourth-order valence-corrected chi connectivity index (χ4v) is 2.95. The largest absolute Gasteiger partial charge is 0.355 e. The number of nitrogens with zero attached hydrogens (tertiary/aromatic N) is 3. The summed E-state index contributed by atoms with van der Waals surface area (Å²) >= 11 is 0. The van der Waals surface area contributed by atoms with E-state index in [1.807, 2.05) is 7.05 Å². The lowest BCUT2D eigenvalue weighted by molar-refractivity contribution is 0.520. The highest BCUT2D eigenvalue weighted by molar-refractivity contribution is 7.89. The van der Waals surface area contributed by atoms with Gasteiger partial charge in [0.05, 0.1) is 0 Å². The number of nitrogens with one attached hydrogen (secondary N) is 1. The second-order valence-corrected chi connectivity index (χ2v) is 7.05. The second kappa shape index (κ2) is 5.44. The Morgan fingerprint density at radius 3 is 2.53 bits per heavy atom. The van der Waals surface area contributed by atoms with E-state index in [-0.39, 0.29) is 4.90 Å². The zero-order chi connectivity index (χ0) is 14.0.